The molecule has 1 aromatic carbocycles. The second kappa shape index (κ2) is 7.53. The smallest absolute Gasteiger partial charge is 0.323 e. The van der Waals surface area contributed by atoms with E-state index in [-0.39, 0.29) is 12.5 Å². The minimum Gasteiger partial charge on any atom is -0.480 e. The molecule has 5 heteroatoms. The molecule has 1 amide bonds. The van der Waals surface area contributed by atoms with Crippen molar-refractivity contribution in [3.05, 3.63) is 35.9 Å². The monoisotopic (exact) mass is 264 g/mol. The minimum atomic E-state index is -1.02. The molecule has 5 nitrogen and oxygen atoms in total. The van der Waals surface area contributed by atoms with Crippen LogP contribution in [0.25, 0.3) is 0 Å². The number of nitrogens with zero attached hydrogens (tertiary/aromatic N) is 1. The fraction of sp³-hybridized carbons (Fsp3) is 0.429. The Labute approximate surface area is 113 Å². The zero-order chi connectivity index (χ0) is 14.3. The maximum atomic E-state index is 12.1. The summed E-state index contributed by atoms with van der Waals surface area (Å²) in [5.74, 6) is -1.33. The molecule has 0 aliphatic rings. The number of carboxylic acids is 1. The van der Waals surface area contributed by atoms with Crippen molar-refractivity contribution in [3.8, 4) is 0 Å². The summed E-state index contributed by atoms with van der Waals surface area (Å²) in [7, 11) is 0. The van der Waals surface area contributed by atoms with Crippen molar-refractivity contribution in [2.24, 2.45) is 5.73 Å². The van der Waals surface area contributed by atoms with Gasteiger partial charge in [-0.3, -0.25) is 9.59 Å². The van der Waals surface area contributed by atoms with Gasteiger partial charge in [-0.1, -0.05) is 37.3 Å². The second-order valence-corrected chi connectivity index (χ2v) is 4.45. The summed E-state index contributed by atoms with van der Waals surface area (Å²) < 4.78 is 0. The molecule has 0 heterocycles. The third-order valence-corrected chi connectivity index (χ3v) is 2.75. The van der Waals surface area contributed by atoms with Crippen molar-refractivity contribution in [2.75, 3.05) is 13.1 Å². The van der Waals surface area contributed by atoms with Crippen molar-refractivity contribution in [1.82, 2.24) is 4.90 Å². The van der Waals surface area contributed by atoms with Gasteiger partial charge in [0.15, 0.2) is 0 Å². The van der Waals surface area contributed by atoms with Crippen LogP contribution in [0.1, 0.15) is 18.9 Å². The van der Waals surface area contributed by atoms with Crippen molar-refractivity contribution in [2.45, 2.75) is 25.8 Å². The highest BCUT2D eigenvalue weighted by molar-refractivity contribution is 5.85. The summed E-state index contributed by atoms with van der Waals surface area (Å²) in [6.07, 6.45) is 1.12. The van der Waals surface area contributed by atoms with Crippen LogP contribution in [0, 0.1) is 0 Å². The number of rotatable bonds is 7. The van der Waals surface area contributed by atoms with Crippen LogP contribution in [-0.2, 0) is 16.0 Å². The maximum absolute atomic E-state index is 12.1. The highest BCUT2D eigenvalue weighted by atomic mass is 16.4. The molecule has 0 spiro atoms. The fourth-order valence-electron chi connectivity index (χ4n) is 1.89. The van der Waals surface area contributed by atoms with Crippen LogP contribution in [0.4, 0.5) is 0 Å². The van der Waals surface area contributed by atoms with Gasteiger partial charge in [-0.2, -0.15) is 0 Å². The first kappa shape index (κ1) is 15.2. The number of amides is 1. The summed E-state index contributed by atoms with van der Waals surface area (Å²) in [5, 5.41) is 8.80. The number of carbonyl (C=O) groups is 2. The largest absolute Gasteiger partial charge is 0.480 e. The lowest BCUT2D eigenvalue weighted by molar-refractivity contribution is -0.145. The number of carbonyl (C=O) groups excluding carboxylic acids is 1. The van der Waals surface area contributed by atoms with Gasteiger partial charge in [0.2, 0.25) is 5.91 Å². The predicted octanol–water partition coefficient (Wildman–Crippen LogP) is 0.880. The zero-order valence-corrected chi connectivity index (χ0v) is 11.1. The van der Waals surface area contributed by atoms with Crippen molar-refractivity contribution < 1.29 is 14.7 Å². The van der Waals surface area contributed by atoms with E-state index in [4.69, 9.17) is 10.8 Å². The first-order valence-electron chi connectivity index (χ1n) is 6.34. The normalized spacial score (nSPS) is 11.9. The molecule has 0 aliphatic carbocycles. The number of hydrogen-bond donors (Lipinski definition) is 2. The standard InChI is InChI=1S/C14H20N2O3/c1-2-8-16(10-13(17)18)14(19)12(15)9-11-6-4-3-5-7-11/h3-7,12H,2,8-10,15H2,1H3,(H,17,18). The molecular formula is C14H20N2O3. The van der Waals surface area contributed by atoms with Crippen molar-refractivity contribution >= 4 is 11.9 Å². The molecule has 19 heavy (non-hydrogen) atoms. The molecular weight excluding hydrogens is 244 g/mol. The Morgan fingerprint density at radius 1 is 1.32 bits per heavy atom. The van der Waals surface area contributed by atoms with Crippen LogP contribution >= 0.6 is 0 Å². The Morgan fingerprint density at radius 3 is 2.47 bits per heavy atom. The Bertz CT molecular complexity index is 420. The van der Waals surface area contributed by atoms with Gasteiger partial charge >= 0.3 is 5.97 Å². The lowest BCUT2D eigenvalue weighted by Crippen LogP contribution is -2.47. The van der Waals surface area contributed by atoms with E-state index in [1.807, 2.05) is 37.3 Å². The van der Waals surface area contributed by atoms with Gasteiger partial charge in [-0.25, -0.2) is 0 Å². The van der Waals surface area contributed by atoms with E-state index in [1.54, 1.807) is 0 Å². The van der Waals surface area contributed by atoms with E-state index in [0.717, 1.165) is 5.56 Å². The number of benzene rings is 1. The second-order valence-electron chi connectivity index (χ2n) is 4.45. The van der Waals surface area contributed by atoms with E-state index in [0.29, 0.717) is 19.4 Å². The molecule has 0 radical (unpaired) electrons. The van der Waals surface area contributed by atoms with Gasteiger partial charge in [0.05, 0.1) is 6.04 Å². The third kappa shape index (κ3) is 5.09. The van der Waals surface area contributed by atoms with E-state index < -0.39 is 12.0 Å². The van der Waals surface area contributed by atoms with Crippen LogP contribution in [0.2, 0.25) is 0 Å². The molecule has 1 aromatic rings. The molecule has 3 N–H and O–H groups in total. The summed E-state index contributed by atoms with van der Waals surface area (Å²) in [4.78, 5) is 24.1. The van der Waals surface area contributed by atoms with Crippen molar-refractivity contribution in [3.63, 3.8) is 0 Å². The SMILES string of the molecule is CCCN(CC(=O)O)C(=O)C(N)Cc1ccccc1. The quantitative estimate of drug-likeness (QED) is 0.765. The van der Waals surface area contributed by atoms with Gasteiger partial charge in [0.25, 0.3) is 0 Å². The van der Waals surface area contributed by atoms with Crippen LogP contribution in [0.5, 0.6) is 0 Å². The van der Waals surface area contributed by atoms with Crippen LogP contribution in [0.3, 0.4) is 0 Å². The molecule has 0 aromatic heterocycles. The van der Waals surface area contributed by atoms with Crippen LogP contribution in [-0.4, -0.2) is 41.0 Å². The first-order valence-corrected chi connectivity index (χ1v) is 6.34. The average Bonchev–Trinajstić information content (AvgIpc) is 2.38. The summed E-state index contributed by atoms with van der Waals surface area (Å²) in [6.45, 7) is 2.01. The Balaban J connectivity index is 2.65. The van der Waals surface area contributed by atoms with Gasteiger partial charge in [-0.15, -0.1) is 0 Å². The highest BCUT2D eigenvalue weighted by Crippen LogP contribution is 2.05. The number of aliphatic carboxylic acids is 1. The van der Waals surface area contributed by atoms with Gasteiger partial charge < -0.3 is 15.7 Å². The average molecular weight is 264 g/mol. The molecule has 1 rings (SSSR count). The van der Waals surface area contributed by atoms with Gasteiger partial charge in [-0.05, 0) is 18.4 Å². The van der Waals surface area contributed by atoms with E-state index in [2.05, 4.69) is 0 Å². The molecule has 1 unspecified atom stereocenters. The minimum absolute atomic E-state index is 0.296. The number of nitrogens with two attached hydrogens (primary N) is 1. The third-order valence-electron chi connectivity index (χ3n) is 2.75. The lowest BCUT2D eigenvalue weighted by Gasteiger charge is -2.23. The molecule has 0 bridgehead atoms. The van der Waals surface area contributed by atoms with Crippen molar-refractivity contribution in [1.29, 1.82) is 0 Å². The Hall–Kier alpha value is -1.88. The molecule has 1 atom stereocenters. The molecule has 0 saturated heterocycles. The van der Waals surface area contributed by atoms with E-state index >= 15 is 0 Å². The molecule has 0 fully saturated rings. The maximum Gasteiger partial charge on any atom is 0.323 e. The molecule has 104 valence electrons. The summed E-state index contributed by atoms with van der Waals surface area (Å²) in [5.41, 5.74) is 6.84. The molecule has 0 aliphatic heterocycles. The molecule has 0 saturated carbocycles. The fourth-order valence-corrected chi connectivity index (χ4v) is 1.89. The summed E-state index contributed by atoms with van der Waals surface area (Å²) >= 11 is 0. The Morgan fingerprint density at radius 2 is 1.95 bits per heavy atom. The number of carboxylic acid groups (broad SMARTS) is 1. The van der Waals surface area contributed by atoms with Crippen LogP contribution in [0.15, 0.2) is 30.3 Å². The predicted molar refractivity (Wildman–Crippen MR) is 72.6 cm³/mol. The Kier molecular flexibility index (Phi) is 6.02. The lowest BCUT2D eigenvalue weighted by atomic mass is 10.1. The first-order chi connectivity index (χ1) is 9.04. The van der Waals surface area contributed by atoms with Gasteiger partial charge in [0, 0.05) is 6.54 Å². The van der Waals surface area contributed by atoms with E-state index in [1.165, 1.54) is 4.90 Å². The van der Waals surface area contributed by atoms with Crippen LogP contribution < -0.4 is 5.73 Å². The highest BCUT2D eigenvalue weighted by Gasteiger charge is 2.22. The topological polar surface area (TPSA) is 83.6 Å². The van der Waals surface area contributed by atoms with Gasteiger partial charge in [0.1, 0.15) is 6.54 Å². The zero-order valence-electron chi connectivity index (χ0n) is 11.1. The van der Waals surface area contributed by atoms with E-state index in [9.17, 15) is 9.59 Å². The summed E-state index contributed by atoms with van der Waals surface area (Å²) in [6, 6.07) is 8.75. The number of hydrogen-bond acceptors (Lipinski definition) is 3.